The highest BCUT2D eigenvalue weighted by molar-refractivity contribution is 6.02. The van der Waals surface area contributed by atoms with Crippen molar-refractivity contribution < 1.29 is 9.59 Å². The van der Waals surface area contributed by atoms with Crippen LogP contribution in [0.2, 0.25) is 0 Å². The van der Waals surface area contributed by atoms with Gasteiger partial charge in [-0.2, -0.15) is 0 Å². The van der Waals surface area contributed by atoms with Crippen molar-refractivity contribution >= 4 is 11.8 Å². The average Bonchev–Trinajstić information content (AvgIpc) is 3.07. The first kappa shape index (κ1) is 44.2. The molecule has 0 saturated heterocycles. The van der Waals surface area contributed by atoms with Crippen molar-refractivity contribution in [3.05, 3.63) is 34.4 Å². The molecule has 278 valence electrons. The first-order chi connectivity index (χ1) is 23.5. The number of unbranched alkanes of at least 4 members (excludes halogenated alkanes) is 30. The largest absolute Gasteiger partial charge is 0.366 e. The number of carbonyl (C=O) groups is 2. The number of hydrogen-bond acceptors (Lipinski definition) is 2. The van der Waals surface area contributed by atoms with Crippen LogP contribution in [-0.2, 0) is 12.8 Å². The lowest BCUT2D eigenvalue weighted by atomic mass is 9.89. The predicted octanol–water partition coefficient (Wildman–Crippen LogP) is 13.5. The van der Waals surface area contributed by atoms with E-state index in [2.05, 4.69) is 13.8 Å². The van der Waals surface area contributed by atoms with Crippen molar-refractivity contribution in [1.29, 1.82) is 0 Å². The molecule has 0 heterocycles. The molecule has 0 aliphatic heterocycles. The number of aryl methyl sites for hydroxylation is 1. The number of hydrogen-bond donors (Lipinski definition) is 2. The van der Waals surface area contributed by atoms with E-state index in [9.17, 15) is 9.59 Å². The minimum absolute atomic E-state index is 0.420. The third-order valence-electron chi connectivity index (χ3n) is 10.5. The smallest absolute Gasteiger partial charge is 0.249 e. The number of benzene rings is 1. The normalized spacial score (nSPS) is 11.4. The third-order valence-corrected chi connectivity index (χ3v) is 10.5. The first-order valence-electron chi connectivity index (χ1n) is 21.3. The molecule has 0 saturated carbocycles. The highest BCUT2D eigenvalue weighted by Crippen LogP contribution is 2.25. The summed E-state index contributed by atoms with van der Waals surface area (Å²) in [5.74, 6) is -0.881. The van der Waals surface area contributed by atoms with Crippen LogP contribution in [0.1, 0.15) is 251 Å². The van der Waals surface area contributed by atoms with Crippen molar-refractivity contribution in [1.82, 2.24) is 0 Å². The monoisotopic (exact) mass is 669 g/mol. The molecule has 0 radical (unpaired) electrons. The van der Waals surface area contributed by atoms with Gasteiger partial charge in [0.05, 0.1) is 0 Å². The molecule has 4 heteroatoms. The molecule has 1 rings (SSSR count). The molecule has 0 aliphatic rings. The van der Waals surface area contributed by atoms with E-state index in [0.29, 0.717) is 17.5 Å². The van der Waals surface area contributed by atoms with E-state index in [1.54, 1.807) is 0 Å². The zero-order chi connectivity index (χ0) is 34.9. The van der Waals surface area contributed by atoms with Gasteiger partial charge in [0.2, 0.25) is 11.8 Å². The van der Waals surface area contributed by atoms with Crippen LogP contribution in [-0.4, -0.2) is 11.8 Å². The van der Waals surface area contributed by atoms with E-state index in [-0.39, 0.29) is 0 Å². The van der Waals surface area contributed by atoms with Crippen LogP contribution in [0.15, 0.2) is 12.1 Å². The Bertz CT molecular complexity index is 911. The van der Waals surface area contributed by atoms with Crippen molar-refractivity contribution in [3.63, 3.8) is 0 Å². The number of primary amides is 2. The molecular formula is C44H80N2O2. The SMILES string of the molecule is CCCCCCCCCCCCCCCCCCc1ccc(C(N)=O)c(CCCCCCCCCCCCCCCCCC)c1C(N)=O. The molecule has 0 bridgehead atoms. The molecule has 4 N–H and O–H groups in total. The molecule has 0 aromatic heterocycles. The summed E-state index contributed by atoms with van der Waals surface area (Å²) >= 11 is 0. The fourth-order valence-electron chi connectivity index (χ4n) is 7.42. The number of carbonyl (C=O) groups excluding carboxylic acids is 2. The van der Waals surface area contributed by atoms with Crippen LogP contribution in [0.4, 0.5) is 0 Å². The summed E-state index contributed by atoms with van der Waals surface area (Å²) in [6.45, 7) is 4.57. The molecule has 1 aromatic rings. The Labute approximate surface area is 298 Å². The van der Waals surface area contributed by atoms with E-state index in [4.69, 9.17) is 11.5 Å². The summed E-state index contributed by atoms with van der Waals surface area (Å²) in [6.07, 6.45) is 44.2. The Kier molecular flexibility index (Phi) is 29.8. The van der Waals surface area contributed by atoms with E-state index in [1.165, 1.54) is 186 Å². The van der Waals surface area contributed by atoms with Crippen LogP contribution in [0.25, 0.3) is 0 Å². The van der Waals surface area contributed by atoms with E-state index < -0.39 is 11.8 Å². The molecule has 1 aromatic carbocycles. The zero-order valence-electron chi connectivity index (χ0n) is 32.2. The van der Waals surface area contributed by atoms with Gasteiger partial charge in [-0.05, 0) is 42.9 Å². The molecule has 0 atom stereocenters. The Morgan fingerprint density at radius 2 is 0.688 bits per heavy atom. The first-order valence-corrected chi connectivity index (χ1v) is 21.3. The summed E-state index contributed by atoms with van der Waals surface area (Å²) in [5, 5.41) is 0. The van der Waals surface area contributed by atoms with Gasteiger partial charge < -0.3 is 11.5 Å². The molecule has 48 heavy (non-hydrogen) atoms. The van der Waals surface area contributed by atoms with Gasteiger partial charge in [-0.1, -0.05) is 213 Å². The van der Waals surface area contributed by atoms with Gasteiger partial charge in [0.15, 0.2) is 0 Å². The lowest BCUT2D eigenvalue weighted by Gasteiger charge is -2.16. The summed E-state index contributed by atoms with van der Waals surface area (Å²) in [6, 6.07) is 3.75. The van der Waals surface area contributed by atoms with Gasteiger partial charge in [-0.25, -0.2) is 0 Å². The quantitative estimate of drug-likeness (QED) is 0.0697. The number of amides is 2. The van der Waals surface area contributed by atoms with Gasteiger partial charge in [-0.15, -0.1) is 0 Å². The van der Waals surface area contributed by atoms with Gasteiger partial charge in [-0.3, -0.25) is 9.59 Å². The number of rotatable bonds is 36. The summed E-state index contributed by atoms with van der Waals surface area (Å²) < 4.78 is 0. The minimum atomic E-state index is -0.460. The minimum Gasteiger partial charge on any atom is -0.366 e. The van der Waals surface area contributed by atoms with Crippen LogP contribution < -0.4 is 11.5 Å². The lowest BCUT2D eigenvalue weighted by molar-refractivity contribution is 0.0998. The molecular weight excluding hydrogens is 588 g/mol. The second kappa shape index (κ2) is 32.4. The third kappa shape index (κ3) is 23.5. The summed E-state index contributed by atoms with van der Waals surface area (Å²) in [5.41, 5.74) is 14.5. The van der Waals surface area contributed by atoms with Crippen LogP contribution in [0.5, 0.6) is 0 Å². The Hall–Kier alpha value is -1.84. The molecule has 0 aliphatic carbocycles. The number of nitrogens with two attached hydrogens (primary N) is 2. The Morgan fingerprint density at radius 3 is 0.979 bits per heavy atom. The van der Waals surface area contributed by atoms with Crippen LogP contribution in [0.3, 0.4) is 0 Å². The fourth-order valence-corrected chi connectivity index (χ4v) is 7.42. The van der Waals surface area contributed by atoms with Gasteiger partial charge >= 0.3 is 0 Å². The lowest BCUT2D eigenvalue weighted by Crippen LogP contribution is -2.22. The highest BCUT2D eigenvalue weighted by Gasteiger charge is 2.19. The molecule has 4 nitrogen and oxygen atoms in total. The second-order valence-electron chi connectivity index (χ2n) is 15.0. The van der Waals surface area contributed by atoms with Crippen molar-refractivity contribution in [2.45, 2.75) is 232 Å². The van der Waals surface area contributed by atoms with Crippen molar-refractivity contribution in [3.8, 4) is 0 Å². The van der Waals surface area contributed by atoms with Crippen molar-refractivity contribution in [2.24, 2.45) is 11.5 Å². The Morgan fingerprint density at radius 1 is 0.396 bits per heavy atom. The van der Waals surface area contributed by atoms with Crippen LogP contribution in [0, 0.1) is 0 Å². The van der Waals surface area contributed by atoms with E-state index in [0.717, 1.165) is 36.8 Å². The maximum Gasteiger partial charge on any atom is 0.249 e. The maximum atomic E-state index is 12.6. The average molecular weight is 669 g/mol. The van der Waals surface area contributed by atoms with Gasteiger partial charge in [0, 0.05) is 11.1 Å². The maximum absolute atomic E-state index is 12.6. The fraction of sp³-hybridized carbons (Fsp3) is 0.818. The molecule has 2 amide bonds. The van der Waals surface area contributed by atoms with E-state index in [1.807, 2.05) is 12.1 Å². The standard InChI is InChI=1S/C44H80N2O2/c1-3-5-7-9-11-13-15-17-19-21-23-25-27-29-31-33-35-39-37-38-41(43(45)47)40(42(39)44(46)48)36-34-32-30-28-26-24-22-20-18-16-14-12-10-8-6-4-2/h37-38H,3-36H2,1-2H3,(H2,45,47)(H2,46,48). The van der Waals surface area contributed by atoms with E-state index >= 15 is 0 Å². The van der Waals surface area contributed by atoms with Gasteiger partial charge in [0.1, 0.15) is 0 Å². The molecule has 0 unspecified atom stereocenters. The zero-order valence-corrected chi connectivity index (χ0v) is 32.2. The molecule has 0 spiro atoms. The topological polar surface area (TPSA) is 86.2 Å². The van der Waals surface area contributed by atoms with Gasteiger partial charge in [0.25, 0.3) is 0 Å². The second-order valence-corrected chi connectivity index (χ2v) is 15.0. The highest BCUT2D eigenvalue weighted by atomic mass is 16.1. The molecule has 0 fully saturated rings. The Balaban J connectivity index is 2.24. The van der Waals surface area contributed by atoms with Crippen LogP contribution >= 0.6 is 0 Å². The predicted molar refractivity (Wildman–Crippen MR) is 210 cm³/mol. The summed E-state index contributed by atoms with van der Waals surface area (Å²) in [4.78, 5) is 24.9. The summed E-state index contributed by atoms with van der Waals surface area (Å²) in [7, 11) is 0. The van der Waals surface area contributed by atoms with Crippen molar-refractivity contribution in [2.75, 3.05) is 0 Å².